The van der Waals surface area contributed by atoms with Crippen molar-refractivity contribution in [2.24, 2.45) is 0 Å². The zero-order chi connectivity index (χ0) is 14.5. The fourth-order valence-electron chi connectivity index (χ4n) is 1.15. The fourth-order valence-corrected chi connectivity index (χ4v) is 1.81. The van der Waals surface area contributed by atoms with Crippen molar-refractivity contribution in [2.45, 2.75) is 32.1 Å². The first-order valence-corrected chi connectivity index (χ1v) is 6.80. The van der Waals surface area contributed by atoms with Crippen LogP contribution in [0, 0.1) is 0 Å². The summed E-state index contributed by atoms with van der Waals surface area (Å²) in [5.74, 6) is -0.753. The Hall–Kier alpha value is -1.57. The summed E-state index contributed by atoms with van der Waals surface area (Å²) in [6.07, 6.45) is 1.33. The number of amides is 1. The van der Waals surface area contributed by atoms with E-state index in [0.717, 1.165) is 0 Å². The van der Waals surface area contributed by atoms with Gasteiger partial charge in [-0.25, -0.2) is 9.48 Å². The van der Waals surface area contributed by atoms with Crippen molar-refractivity contribution >= 4 is 23.6 Å². The van der Waals surface area contributed by atoms with Crippen LogP contribution in [0.5, 0.6) is 0 Å². The molecule has 0 atom stereocenters. The molecule has 2 N–H and O–H groups in total. The predicted molar refractivity (Wildman–Crippen MR) is 72.2 cm³/mol. The first-order valence-electron chi connectivity index (χ1n) is 5.82. The minimum Gasteiger partial charge on any atom is -0.476 e. The topological polar surface area (TPSA) is 97.1 Å². The molecule has 0 unspecified atom stereocenters. The molecule has 1 rings (SSSR count). The predicted octanol–water partition coefficient (Wildman–Crippen LogP) is 0.624. The van der Waals surface area contributed by atoms with Crippen molar-refractivity contribution in [1.29, 1.82) is 0 Å². The maximum absolute atomic E-state index is 11.5. The minimum absolute atomic E-state index is 0.0431. The van der Waals surface area contributed by atoms with Crippen molar-refractivity contribution < 1.29 is 14.7 Å². The van der Waals surface area contributed by atoms with Crippen LogP contribution in [0.4, 0.5) is 0 Å². The van der Waals surface area contributed by atoms with Crippen LogP contribution < -0.4 is 5.32 Å². The Kier molecular flexibility index (Phi) is 5.34. The third-order valence-corrected chi connectivity index (χ3v) is 3.33. The summed E-state index contributed by atoms with van der Waals surface area (Å²) >= 11 is 1.57. The van der Waals surface area contributed by atoms with Gasteiger partial charge >= 0.3 is 5.97 Å². The molecular weight excluding hydrogens is 268 g/mol. The van der Waals surface area contributed by atoms with Crippen molar-refractivity contribution in [3.63, 3.8) is 0 Å². The first-order chi connectivity index (χ1) is 8.78. The van der Waals surface area contributed by atoms with Gasteiger partial charge in [-0.05, 0) is 0 Å². The second-order valence-electron chi connectivity index (χ2n) is 4.92. The number of carbonyl (C=O) groups excluding carboxylic acids is 1. The number of carboxylic acids is 1. The Morgan fingerprint density at radius 2 is 2.16 bits per heavy atom. The van der Waals surface area contributed by atoms with E-state index in [1.165, 1.54) is 10.9 Å². The Bertz CT molecular complexity index is 453. The van der Waals surface area contributed by atoms with Crippen molar-refractivity contribution in [3.8, 4) is 0 Å². The Morgan fingerprint density at radius 3 is 2.68 bits per heavy atom. The van der Waals surface area contributed by atoms with Gasteiger partial charge in [0.05, 0.1) is 18.5 Å². The largest absolute Gasteiger partial charge is 0.476 e. The van der Waals surface area contributed by atoms with Crippen LogP contribution in [0.15, 0.2) is 6.20 Å². The molecule has 7 nitrogen and oxygen atoms in total. The lowest BCUT2D eigenvalue weighted by Gasteiger charge is -2.16. The number of hydrogen-bond acceptors (Lipinski definition) is 5. The van der Waals surface area contributed by atoms with E-state index in [2.05, 4.69) is 15.6 Å². The number of carbonyl (C=O) groups is 2. The molecule has 1 heterocycles. The zero-order valence-corrected chi connectivity index (χ0v) is 12.0. The molecule has 0 spiro atoms. The van der Waals surface area contributed by atoms with Crippen LogP contribution in [-0.2, 0) is 11.3 Å². The van der Waals surface area contributed by atoms with Crippen LogP contribution >= 0.6 is 11.8 Å². The summed E-state index contributed by atoms with van der Waals surface area (Å²) in [4.78, 5) is 22.1. The molecule has 0 aliphatic rings. The lowest BCUT2D eigenvalue weighted by Crippen LogP contribution is -2.30. The molecule has 0 radical (unpaired) electrons. The van der Waals surface area contributed by atoms with Gasteiger partial charge in [-0.1, -0.05) is 26.0 Å². The van der Waals surface area contributed by atoms with E-state index in [1.807, 2.05) is 20.8 Å². The highest BCUT2D eigenvalue weighted by atomic mass is 32.2. The maximum Gasteiger partial charge on any atom is 0.358 e. The molecule has 0 aromatic carbocycles. The van der Waals surface area contributed by atoms with Crippen LogP contribution in [0.3, 0.4) is 0 Å². The highest BCUT2D eigenvalue weighted by molar-refractivity contribution is 8.01. The second kappa shape index (κ2) is 6.55. The number of carboxylic acid groups (broad SMARTS) is 1. The third-order valence-electron chi connectivity index (χ3n) is 2.06. The van der Waals surface area contributed by atoms with E-state index in [0.29, 0.717) is 18.8 Å². The van der Waals surface area contributed by atoms with Gasteiger partial charge in [0.2, 0.25) is 5.91 Å². The smallest absolute Gasteiger partial charge is 0.358 e. The van der Waals surface area contributed by atoms with Gasteiger partial charge in [0.25, 0.3) is 0 Å². The molecule has 19 heavy (non-hydrogen) atoms. The molecule has 0 aliphatic carbocycles. The molecule has 106 valence electrons. The standard InChI is InChI=1S/C11H18N4O3S/c1-11(2,3)19-7-9(16)12-4-5-15-6-8(10(17)18)13-14-15/h6H,4-5,7H2,1-3H3,(H,12,16)(H,17,18). The van der Waals surface area contributed by atoms with Gasteiger partial charge < -0.3 is 10.4 Å². The number of rotatable bonds is 6. The zero-order valence-electron chi connectivity index (χ0n) is 11.2. The number of thioether (sulfide) groups is 1. The Balaban J connectivity index is 2.26. The molecule has 1 aromatic rings. The van der Waals surface area contributed by atoms with Gasteiger partial charge in [0.1, 0.15) is 0 Å². The van der Waals surface area contributed by atoms with E-state index in [4.69, 9.17) is 5.11 Å². The maximum atomic E-state index is 11.5. The molecule has 0 aliphatic heterocycles. The van der Waals surface area contributed by atoms with Gasteiger partial charge in [-0.2, -0.15) is 0 Å². The molecule has 0 saturated heterocycles. The van der Waals surface area contributed by atoms with Gasteiger partial charge in [0.15, 0.2) is 5.69 Å². The molecule has 0 fully saturated rings. The molecule has 8 heteroatoms. The second-order valence-corrected chi connectivity index (χ2v) is 6.73. The third kappa shape index (κ3) is 6.23. The Labute approximate surface area is 115 Å². The number of nitrogens with zero attached hydrogens (tertiary/aromatic N) is 3. The SMILES string of the molecule is CC(C)(C)SCC(=O)NCCn1cc(C(=O)O)nn1. The lowest BCUT2D eigenvalue weighted by molar-refractivity contribution is -0.118. The fraction of sp³-hybridized carbons (Fsp3) is 0.636. The summed E-state index contributed by atoms with van der Waals surface area (Å²) < 4.78 is 1.44. The highest BCUT2D eigenvalue weighted by Gasteiger charge is 2.13. The number of hydrogen-bond donors (Lipinski definition) is 2. The van der Waals surface area contributed by atoms with Gasteiger partial charge in [-0.3, -0.25) is 4.79 Å². The minimum atomic E-state index is -1.11. The van der Waals surface area contributed by atoms with E-state index < -0.39 is 5.97 Å². The number of aromatic carboxylic acids is 1. The van der Waals surface area contributed by atoms with E-state index in [9.17, 15) is 9.59 Å². The number of nitrogens with one attached hydrogen (secondary N) is 1. The summed E-state index contributed by atoms with van der Waals surface area (Å²) in [5, 5.41) is 18.5. The first kappa shape index (κ1) is 15.5. The summed E-state index contributed by atoms with van der Waals surface area (Å²) in [6.45, 7) is 6.94. The molecule has 1 aromatic heterocycles. The van der Waals surface area contributed by atoms with Crippen molar-refractivity contribution in [2.75, 3.05) is 12.3 Å². The monoisotopic (exact) mass is 286 g/mol. The van der Waals surface area contributed by atoms with Crippen LogP contribution in [0.1, 0.15) is 31.3 Å². The van der Waals surface area contributed by atoms with Gasteiger partial charge in [-0.15, -0.1) is 16.9 Å². The summed E-state index contributed by atoms with van der Waals surface area (Å²) in [5.41, 5.74) is -0.102. The van der Waals surface area contributed by atoms with Gasteiger partial charge in [0, 0.05) is 11.3 Å². The van der Waals surface area contributed by atoms with E-state index >= 15 is 0 Å². The highest BCUT2D eigenvalue weighted by Crippen LogP contribution is 2.22. The van der Waals surface area contributed by atoms with Crippen LogP contribution in [0.25, 0.3) is 0 Å². The Morgan fingerprint density at radius 1 is 1.47 bits per heavy atom. The lowest BCUT2D eigenvalue weighted by atomic mass is 10.3. The summed E-state index contributed by atoms with van der Waals surface area (Å²) in [6, 6.07) is 0. The number of aromatic nitrogens is 3. The average Bonchev–Trinajstić information content (AvgIpc) is 2.74. The van der Waals surface area contributed by atoms with E-state index in [-0.39, 0.29) is 16.3 Å². The molecular formula is C11H18N4O3S. The quantitative estimate of drug-likeness (QED) is 0.796. The van der Waals surface area contributed by atoms with E-state index in [1.54, 1.807) is 11.8 Å². The van der Waals surface area contributed by atoms with Crippen LogP contribution in [-0.4, -0.2) is 49.0 Å². The van der Waals surface area contributed by atoms with Crippen molar-refractivity contribution in [1.82, 2.24) is 20.3 Å². The average molecular weight is 286 g/mol. The normalized spacial score (nSPS) is 11.3. The molecule has 0 bridgehead atoms. The van der Waals surface area contributed by atoms with Crippen molar-refractivity contribution in [3.05, 3.63) is 11.9 Å². The molecule has 1 amide bonds. The summed E-state index contributed by atoms with van der Waals surface area (Å²) in [7, 11) is 0. The van der Waals surface area contributed by atoms with Crippen LogP contribution in [0.2, 0.25) is 0 Å². The molecule has 0 saturated carbocycles.